The van der Waals surface area contributed by atoms with Crippen molar-refractivity contribution in [3.63, 3.8) is 0 Å². The van der Waals surface area contributed by atoms with Gasteiger partial charge in [0.2, 0.25) is 11.8 Å². The number of benzene rings is 2. The summed E-state index contributed by atoms with van der Waals surface area (Å²) in [4.78, 5) is 33.8. The van der Waals surface area contributed by atoms with Crippen LogP contribution in [0.4, 0.5) is 0 Å². The van der Waals surface area contributed by atoms with E-state index < -0.39 is 0 Å². The fourth-order valence-corrected chi connectivity index (χ4v) is 7.47. The smallest absolute Gasteiger partial charge is 0.229 e. The van der Waals surface area contributed by atoms with Crippen LogP contribution in [0.2, 0.25) is 0 Å². The number of carbonyl (C=O) groups excluding carboxylic acids is 2. The Labute approximate surface area is 238 Å². The Kier molecular flexibility index (Phi) is 8.12. The Hall–Kier alpha value is -2.90. The first kappa shape index (κ1) is 27.3. The van der Waals surface area contributed by atoms with E-state index in [4.69, 9.17) is 9.47 Å². The van der Waals surface area contributed by atoms with E-state index in [9.17, 15) is 9.59 Å². The van der Waals surface area contributed by atoms with E-state index in [-0.39, 0.29) is 11.3 Å². The monoisotopic (exact) mass is 545 g/mol. The summed E-state index contributed by atoms with van der Waals surface area (Å²) in [5.41, 5.74) is 2.28. The number of likely N-dealkylation sites (tertiary alicyclic amines) is 3. The molecule has 0 aromatic heterocycles. The summed E-state index contributed by atoms with van der Waals surface area (Å²) < 4.78 is 10.8. The second kappa shape index (κ2) is 11.9. The molecular formula is C33H43N3O4. The minimum Gasteiger partial charge on any atom is -0.497 e. The first-order valence-electron chi connectivity index (χ1n) is 15.1. The normalized spacial score (nSPS) is 25.6. The number of ether oxygens (including phenoxy) is 2. The van der Waals surface area contributed by atoms with Crippen molar-refractivity contribution in [1.82, 2.24) is 14.7 Å². The van der Waals surface area contributed by atoms with Gasteiger partial charge in [-0.1, -0.05) is 42.5 Å². The lowest BCUT2D eigenvalue weighted by atomic mass is 9.76. The molecule has 4 heterocycles. The molecule has 0 N–H and O–H groups in total. The minimum atomic E-state index is -0.206. The van der Waals surface area contributed by atoms with E-state index in [1.165, 1.54) is 5.56 Å². The summed E-state index contributed by atoms with van der Waals surface area (Å²) in [5, 5.41) is 0. The first-order chi connectivity index (χ1) is 19.5. The second-order valence-electron chi connectivity index (χ2n) is 12.3. The molecule has 1 spiro atoms. The Morgan fingerprint density at radius 1 is 0.950 bits per heavy atom. The van der Waals surface area contributed by atoms with E-state index in [0.29, 0.717) is 43.4 Å². The molecule has 214 valence electrons. The Bertz CT molecular complexity index is 1160. The number of piperidine rings is 1. The van der Waals surface area contributed by atoms with Crippen molar-refractivity contribution in [2.45, 2.75) is 44.6 Å². The van der Waals surface area contributed by atoms with Crippen LogP contribution in [-0.4, -0.2) is 86.1 Å². The van der Waals surface area contributed by atoms with Crippen molar-refractivity contribution in [3.05, 3.63) is 65.7 Å². The quantitative estimate of drug-likeness (QED) is 0.523. The van der Waals surface area contributed by atoms with E-state index in [2.05, 4.69) is 57.2 Å². The van der Waals surface area contributed by atoms with Crippen LogP contribution in [0.25, 0.3) is 0 Å². The zero-order valence-electron chi connectivity index (χ0n) is 23.8. The molecule has 2 aromatic rings. The predicted molar refractivity (Wildman–Crippen MR) is 154 cm³/mol. The van der Waals surface area contributed by atoms with Crippen LogP contribution in [0.15, 0.2) is 54.6 Å². The molecule has 4 aliphatic heterocycles. The number of amides is 2. The fraction of sp³-hybridized carbons (Fsp3) is 0.576. The van der Waals surface area contributed by atoms with Crippen LogP contribution in [0, 0.1) is 17.3 Å². The van der Waals surface area contributed by atoms with Crippen LogP contribution >= 0.6 is 0 Å². The maximum atomic E-state index is 13.6. The number of carbonyl (C=O) groups is 2. The second-order valence-corrected chi connectivity index (χ2v) is 12.3. The SMILES string of the molecule is COc1ccc(CN2CCC3(CCN(CC4CN(C(=O)C5CCOCC5)CC4c4ccccc4)CC3)C2=O)cc1. The average molecular weight is 546 g/mol. The van der Waals surface area contributed by atoms with Gasteiger partial charge in [-0.05, 0) is 74.4 Å². The van der Waals surface area contributed by atoms with Crippen molar-refractivity contribution in [1.29, 1.82) is 0 Å². The molecule has 7 nitrogen and oxygen atoms in total. The summed E-state index contributed by atoms with van der Waals surface area (Å²) in [6.45, 7) is 7.43. The number of hydrogen-bond acceptors (Lipinski definition) is 5. The van der Waals surface area contributed by atoms with Gasteiger partial charge in [0, 0.05) is 57.8 Å². The van der Waals surface area contributed by atoms with Crippen LogP contribution in [0.3, 0.4) is 0 Å². The lowest BCUT2D eigenvalue weighted by Crippen LogP contribution is -2.46. The molecule has 4 saturated heterocycles. The van der Waals surface area contributed by atoms with Crippen LogP contribution < -0.4 is 4.74 Å². The van der Waals surface area contributed by atoms with E-state index in [0.717, 1.165) is 82.7 Å². The van der Waals surface area contributed by atoms with E-state index in [1.807, 2.05) is 12.1 Å². The summed E-state index contributed by atoms with van der Waals surface area (Å²) in [6, 6.07) is 18.8. The van der Waals surface area contributed by atoms with Crippen LogP contribution in [0.1, 0.15) is 49.1 Å². The van der Waals surface area contributed by atoms with Gasteiger partial charge in [0.25, 0.3) is 0 Å². The Morgan fingerprint density at radius 2 is 1.65 bits per heavy atom. The highest BCUT2D eigenvalue weighted by molar-refractivity contribution is 5.85. The molecule has 0 radical (unpaired) electrons. The van der Waals surface area contributed by atoms with Gasteiger partial charge in [0.15, 0.2) is 0 Å². The Morgan fingerprint density at radius 3 is 2.35 bits per heavy atom. The third-order valence-electron chi connectivity index (χ3n) is 9.99. The van der Waals surface area contributed by atoms with Crippen molar-refractivity contribution in [3.8, 4) is 5.75 Å². The Balaban J connectivity index is 1.07. The number of hydrogen-bond donors (Lipinski definition) is 0. The molecule has 40 heavy (non-hydrogen) atoms. The largest absolute Gasteiger partial charge is 0.497 e. The highest BCUT2D eigenvalue weighted by Crippen LogP contribution is 2.43. The standard InChI is InChI=1S/C33H43N3O4/c1-39-29-9-7-25(8-10-29)21-35-18-15-33(32(35)38)13-16-34(17-14-33)22-28-23-36(31(37)27-11-19-40-20-12-27)24-30(28)26-5-3-2-4-6-26/h2-10,27-28,30H,11-24H2,1H3. The van der Waals surface area contributed by atoms with Crippen molar-refractivity contribution >= 4 is 11.8 Å². The van der Waals surface area contributed by atoms with Gasteiger partial charge in [-0.3, -0.25) is 9.59 Å². The van der Waals surface area contributed by atoms with Crippen LogP contribution in [0.5, 0.6) is 5.75 Å². The van der Waals surface area contributed by atoms with E-state index >= 15 is 0 Å². The minimum absolute atomic E-state index is 0.105. The molecular weight excluding hydrogens is 502 g/mol. The summed E-state index contributed by atoms with van der Waals surface area (Å²) >= 11 is 0. The zero-order chi connectivity index (χ0) is 27.5. The molecule has 0 bridgehead atoms. The van der Waals surface area contributed by atoms with Gasteiger partial charge in [-0.25, -0.2) is 0 Å². The summed E-state index contributed by atoms with van der Waals surface area (Å²) in [6.07, 6.45) is 4.50. The predicted octanol–water partition coefficient (Wildman–Crippen LogP) is 4.18. The number of rotatable bonds is 7. The molecule has 4 fully saturated rings. The third kappa shape index (κ3) is 5.64. The average Bonchev–Trinajstić information content (AvgIpc) is 3.56. The molecule has 2 atom stereocenters. The molecule has 2 aromatic carbocycles. The fourth-order valence-electron chi connectivity index (χ4n) is 7.47. The molecule has 0 saturated carbocycles. The molecule has 4 aliphatic rings. The number of nitrogens with zero attached hydrogens (tertiary/aromatic N) is 3. The molecule has 2 unspecified atom stereocenters. The topological polar surface area (TPSA) is 62.3 Å². The number of methoxy groups -OCH3 is 1. The maximum absolute atomic E-state index is 13.6. The molecule has 7 heteroatoms. The third-order valence-corrected chi connectivity index (χ3v) is 9.99. The summed E-state index contributed by atoms with van der Waals surface area (Å²) in [5.74, 6) is 2.36. The van der Waals surface area contributed by atoms with E-state index in [1.54, 1.807) is 7.11 Å². The zero-order valence-corrected chi connectivity index (χ0v) is 23.8. The lowest BCUT2D eigenvalue weighted by Gasteiger charge is -2.39. The molecule has 0 aliphatic carbocycles. The van der Waals surface area contributed by atoms with Crippen molar-refractivity contribution in [2.75, 3.05) is 59.6 Å². The van der Waals surface area contributed by atoms with Gasteiger partial charge >= 0.3 is 0 Å². The summed E-state index contributed by atoms with van der Waals surface area (Å²) in [7, 11) is 1.67. The van der Waals surface area contributed by atoms with Gasteiger partial charge in [-0.2, -0.15) is 0 Å². The van der Waals surface area contributed by atoms with Crippen molar-refractivity contribution < 1.29 is 19.1 Å². The first-order valence-corrected chi connectivity index (χ1v) is 15.1. The van der Waals surface area contributed by atoms with Gasteiger partial charge in [0.05, 0.1) is 12.5 Å². The van der Waals surface area contributed by atoms with Crippen molar-refractivity contribution in [2.24, 2.45) is 17.3 Å². The van der Waals surface area contributed by atoms with Gasteiger partial charge in [0.1, 0.15) is 5.75 Å². The highest BCUT2D eigenvalue weighted by atomic mass is 16.5. The molecule has 6 rings (SSSR count). The van der Waals surface area contributed by atoms with Gasteiger partial charge < -0.3 is 24.2 Å². The maximum Gasteiger partial charge on any atom is 0.229 e. The van der Waals surface area contributed by atoms with Gasteiger partial charge in [-0.15, -0.1) is 0 Å². The molecule has 2 amide bonds. The lowest BCUT2D eigenvalue weighted by molar-refractivity contribution is -0.139. The van der Waals surface area contributed by atoms with Crippen LogP contribution in [-0.2, 0) is 20.9 Å². The highest BCUT2D eigenvalue weighted by Gasteiger charge is 2.48.